The van der Waals surface area contributed by atoms with E-state index < -0.39 is 0 Å². The Kier molecular flexibility index (Phi) is 9.85. The molecule has 2 amide bonds. The zero-order chi connectivity index (χ0) is 26.0. The van der Waals surface area contributed by atoms with Gasteiger partial charge in [-0.1, -0.05) is 37.8 Å². The standard InChI is InChI=1S/C29H41N3O5/c1-3-31-19-11-5-4-6-12-20-32(28(33)18-17-22-21-27(35-2)30-37-22)24-14-8-10-16-26(24)36-25-15-9-7-13-23(25)29(31)34/h7,9,13,15,21,24,26H,3-6,8,10-12,14,16-20H2,1-2H3/t24-,26+/m1/s1. The molecule has 0 saturated heterocycles. The van der Waals surface area contributed by atoms with Crippen LogP contribution in [0.2, 0.25) is 0 Å². The normalized spacial score (nSPS) is 21.7. The average molecular weight is 512 g/mol. The fourth-order valence-corrected chi connectivity index (χ4v) is 5.53. The molecule has 202 valence electrons. The number of rotatable bonds is 5. The summed E-state index contributed by atoms with van der Waals surface area (Å²) in [4.78, 5) is 31.0. The van der Waals surface area contributed by atoms with Crippen molar-refractivity contribution in [2.75, 3.05) is 26.7 Å². The molecule has 2 aliphatic rings. The van der Waals surface area contributed by atoms with E-state index in [2.05, 4.69) is 10.1 Å². The SMILES string of the molecule is CCN1CCCCCCCN(C(=O)CCc2cc(OC)no2)[C@@H]2CCCC[C@@H]2Oc2ccccc2C1=O. The average Bonchev–Trinajstić information content (AvgIpc) is 3.39. The number of carbonyl (C=O) groups excluding carboxylic acids is 2. The first-order valence-electron chi connectivity index (χ1n) is 13.9. The highest BCUT2D eigenvalue weighted by molar-refractivity contribution is 5.97. The minimum atomic E-state index is -0.141. The first kappa shape index (κ1) is 27.0. The summed E-state index contributed by atoms with van der Waals surface area (Å²) in [6.07, 6.45) is 9.79. The van der Waals surface area contributed by atoms with Crippen molar-refractivity contribution in [3.05, 3.63) is 41.7 Å². The van der Waals surface area contributed by atoms with E-state index in [1.54, 1.807) is 13.2 Å². The molecule has 1 fully saturated rings. The fraction of sp³-hybridized carbons (Fsp3) is 0.621. The van der Waals surface area contributed by atoms with E-state index in [1.165, 1.54) is 0 Å². The van der Waals surface area contributed by atoms with Crippen molar-refractivity contribution in [2.24, 2.45) is 0 Å². The van der Waals surface area contributed by atoms with Crippen LogP contribution in [0.1, 0.15) is 87.3 Å². The highest BCUT2D eigenvalue weighted by Crippen LogP contribution is 2.31. The topological polar surface area (TPSA) is 85.1 Å². The van der Waals surface area contributed by atoms with Crippen molar-refractivity contribution in [3.63, 3.8) is 0 Å². The molecule has 0 spiro atoms. The third-order valence-corrected chi connectivity index (χ3v) is 7.61. The number of ether oxygens (including phenoxy) is 2. The lowest BCUT2D eigenvalue weighted by Crippen LogP contribution is -2.51. The first-order valence-corrected chi connectivity index (χ1v) is 13.9. The Labute approximate surface area is 220 Å². The van der Waals surface area contributed by atoms with E-state index in [0.29, 0.717) is 42.3 Å². The number of benzene rings is 1. The maximum atomic E-state index is 13.6. The Bertz CT molecular complexity index is 1020. The number of aromatic nitrogens is 1. The molecule has 2 atom stereocenters. The van der Waals surface area contributed by atoms with Gasteiger partial charge >= 0.3 is 0 Å². The van der Waals surface area contributed by atoms with Crippen LogP contribution in [-0.2, 0) is 11.2 Å². The predicted molar refractivity (Wildman–Crippen MR) is 141 cm³/mol. The maximum absolute atomic E-state index is 13.6. The summed E-state index contributed by atoms with van der Waals surface area (Å²) in [6.45, 7) is 4.20. The van der Waals surface area contributed by atoms with Crippen LogP contribution in [0.15, 0.2) is 34.9 Å². The van der Waals surface area contributed by atoms with Crippen LogP contribution in [0.5, 0.6) is 11.6 Å². The highest BCUT2D eigenvalue weighted by Gasteiger charge is 2.35. The molecule has 1 aliphatic heterocycles. The quantitative estimate of drug-likeness (QED) is 0.544. The number of para-hydroxylation sites is 1. The summed E-state index contributed by atoms with van der Waals surface area (Å²) >= 11 is 0. The predicted octanol–water partition coefficient (Wildman–Crippen LogP) is 5.26. The highest BCUT2D eigenvalue weighted by atomic mass is 16.5. The Morgan fingerprint density at radius 3 is 2.59 bits per heavy atom. The number of hydrogen-bond donors (Lipinski definition) is 0. The Morgan fingerprint density at radius 1 is 1.05 bits per heavy atom. The molecule has 2 aromatic rings. The molecule has 0 unspecified atom stereocenters. The van der Waals surface area contributed by atoms with Crippen molar-refractivity contribution in [3.8, 4) is 11.6 Å². The Hall–Kier alpha value is -3.03. The van der Waals surface area contributed by atoms with Gasteiger partial charge in [-0.2, -0.15) is 0 Å². The van der Waals surface area contributed by atoms with Crippen molar-refractivity contribution in [2.45, 2.75) is 89.7 Å². The van der Waals surface area contributed by atoms with Crippen molar-refractivity contribution in [1.29, 1.82) is 0 Å². The molecule has 4 rings (SSSR count). The summed E-state index contributed by atoms with van der Waals surface area (Å²) in [7, 11) is 1.55. The van der Waals surface area contributed by atoms with E-state index in [-0.39, 0.29) is 24.0 Å². The van der Waals surface area contributed by atoms with Crippen LogP contribution in [0, 0.1) is 0 Å². The number of aryl methyl sites for hydroxylation is 1. The summed E-state index contributed by atoms with van der Waals surface area (Å²) in [5.41, 5.74) is 0.612. The van der Waals surface area contributed by atoms with Gasteiger partial charge < -0.3 is 23.8 Å². The van der Waals surface area contributed by atoms with Gasteiger partial charge in [-0.15, -0.1) is 0 Å². The van der Waals surface area contributed by atoms with Crippen molar-refractivity contribution in [1.82, 2.24) is 15.0 Å². The third kappa shape index (κ3) is 7.05. The molecular weight excluding hydrogens is 470 g/mol. The van der Waals surface area contributed by atoms with Crippen LogP contribution in [0.3, 0.4) is 0 Å². The smallest absolute Gasteiger partial charge is 0.257 e. The summed E-state index contributed by atoms with van der Waals surface area (Å²) in [5.74, 6) is 1.83. The number of fused-ring (bicyclic) bond motifs is 2. The van der Waals surface area contributed by atoms with Gasteiger partial charge in [-0.05, 0) is 56.3 Å². The van der Waals surface area contributed by atoms with Gasteiger partial charge in [0.15, 0.2) is 0 Å². The second kappa shape index (κ2) is 13.5. The maximum Gasteiger partial charge on any atom is 0.257 e. The van der Waals surface area contributed by atoms with Gasteiger partial charge in [-0.3, -0.25) is 9.59 Å². The second-order valence-electron chi connectivity index (χ2n) is 10.1. The minimum Gasteiger partial charge on any atom is -0.487 e. The van der Waals surface area contributed by atoms with Crippen LogP contribution in [-0.4, -0.2) is 65.7 Å². The number of hydrogen-bond acceptors (Lipinski definition) is 6. The van der Waals surface area contributed by atoms with Gasteiger partial charge in [0.1, 0.15) is 17.6 Å². The molecule has 37 heavy (non-hydrogen) atoms. The second-order valence-corrected chi connectivity index (χ2v) is 10.1. The van der Waals surface area contributed by atoms with Crippen LogP contribution in [0.25, 0.3) is 0 Å². The van der Waals surface area contributed by atoms with E-state index in [1.807, 2.05) is 36.1 Å². The zero-order valence-electron chi connectivity index (χ0n) is 22.3. The van der Waals surface area contributed by atoms with E-state index in [0.717, 1.165) is 70.9 Å². The number of carbonyl (C=O) groups is 2. The van der Waals surface area contributed by atoms with E-state index in [9.17, 15) is 9.59 Å². The molecule has 8 nitrogen and oxygen atoms in total. The molecule has 0 radical (unpaired) electrons. The van der Waals surface area contributed by atoms with Gasteiger partial charge in [0, 0.05) is 38.5 Å². The molecule has 1 aromatic heterocycles. The summed E-state index contributed by atoms with van der Waals surface area (Å²) < 4.78 is 17.0. The molecule has 1 aliphatic carbocycles. The van der Waals surface area contributed by atoms with E-state index >= 15 is 0 Å². The molecule has 0 bridgehead atoms. The molecule has 1 aromatic carbocycles. The third-order valence-electron chi connectivity index (χ3n) is 7.61. The van der Waals surface area contributed by atoms with Gasteiger partial charge in [-0.25, -0.2) is 0 Å². The monoisotopic (exact) mass is 511 g/mol. The van der Waals surface area contributed by atoms with Gasteiger partial charge in [0.25, 0.3) is 11.8 Å². The van der Waals surface area contributed by atoms with Gasteiger partial charge in [0.2, 0.25) is 5.91 Å². The van der Waals surface area contributed by atoms with Crippen LogP contribution < -0.4 is 9.47 Å². The summed E-state index contributed by atoms with van der Waals surface area (Å²) in [6, 6.07) is 9.30. The Balaban J connectivity index is 1.56. The molecule has 0 N–H and O–H groups in total. The van der Waals surface area contributed by atoms with Crippen molar-refractivity contribution >= 4 is 11.8 Å². The van der Waals surface area contributed by atoms with Crippen molar-refractivity contribution < 1.29 is 23.6 Å². The molecule has 8 heteroatoms. The Morgan fingerprint density at radius 2 is 1.81 bits per heavy atom. The first-order chi connectivity index (χ1) is 18.1. The fourth-order valence-electron chi connectivity index (χ4n) is 5.53. The molecule has 2 heterocycles. The van der Waals surface area contributed by atoms with Crippen LogP contribution in [0.4, 0.5) is 0 Å². The zero-order valence-corrected chi connectivity index (χ0v) is 22.3. The molecule has 1 saturated carbocycles. The summed E-state index contributed by atoms with van der Waals surface area (Å²) in [5, 5.41) is 3.85. The lowest BCUT2D eigenvalue weighted by atomic mass is 9.90. The minimum absolute atomic E-state index is 0.0129. The number of amides is 2. The van der Waals surface area contributed by atoms with Crippen LogP contribution >= 0.6 is 0 Å². The van der Waals surface area contributed by atoms with Gasteiger partial charge in [0.05, 0.1) is 18.7 Å². The van der Waals surface area contributed by atoms with E-state index in [4.69, 9.17) is 14.0 Å². The lowest BCUT2D eigenvalue weighted by molar-refractivity contribution is -0.137. The molecular formula is C29H41N3O5. The lowest BCUT2D eigenvalue weighted by Gasteiger charge is -2.40. The number of nitrogens with zero attached hydrogens (tertiary/aromatic N) is 3. The largest absolute Gasteiger partial charge is 0.487 e. The number of methoxy groups -OCH3 is 1.